The molecule has 0 amide bonds. The van der Waals surface area contributed by atoms with Gasteiger partial charge >= 0.3 is 6.18 Å². The summed E-state index contributed by atoms with van der Waals surface area (Å²) >= 11 is 0. The minimum absolute atomic E-state index is 0.406. The molecule has 6 heteroatoms. The van der Waals surface area contributed by atoms with Crippen molar-refractivity contribution < 1.29 is 22.6 Å². The molecular formula is C15H22F3NO2. The normalized spacial score (nSPS) is 13.2. The lowest BCUT2D eigenvalue weighted by molar-refractivity contribution is -0.186. The fourth-order valence-electron chi connectivity index (χ4n) is 1.85. The van der Waals surface area contributed by atoms with E-state index in [1.165, 1.54) is 5.56 Å². The van der Waals surface area contributed by atoms with E-state index in [1.807, 2.05) is 12.1 Å². The molecule has 0 fully saturated rings. The van der Waals surface area contributed by atoms with E-state index in [-0.39, 0.29) is 0 Å². The lowest BCUT2D eigenvalue weighted by atomic mass is 10.1. The molecule has 0 radical (unpaired) electrons. The Morgan fingerprint density at radius 3 is 2.43 bits per heavy atom. The number of aryl methyl sites for hydroxylation is 1. The molecule has 1 N–H and O–H groups in total. The number of ether oxygens (including phenoxy) is 2. The van der Waals surface area contributed by atoms with Crippen LogP contribution in [0.1, 0.15) is 25.8 Å². The molecule has 0 aromatic heterocycles. The van der Waals surface area contributed by atoms with Crippen molar-refractivity contribution in [2.75, 3.05) is 19.9 Å². The van der Waals surface area contributed by atoms with Gasteiger partial charge in [-0.05, 0) is 44.0 Å². The summed E-state index contributed by atoms with van der Waals surface area (Å²) in [6, 6.07) is 7.77. The number of halogens is 3. The second-order valence-corrected chi connectivity index (χ2v) is 4.87. The molecular weight excluding hydrogens is 283 g/mol. The first kappa shape index (κ1) is 17.8. The molecule has 0 aliphatic carbocycles. The second-order valence-electron chi connectivity index (χ2n) is 4.87. The fourth-order valence-corrected chi connectivity index (χ4v) is 1.85. The van der Waals surface area contributed by atoms with Crippen LogP contribution in [0.5, 0.6) is 5.75 Å². The first-order chi connectivity index (χ1) is 9.90. The third-order valence-corrected chi connectivity index (χ3v) is 2.92. The van der Waals surface area contributed by atoms with Gasteiger partial charge in [0, 0.05) is 6.04 Å². The summed E-state index contributed by atoms with van der Waals surface area (Å²) in [5.41, 5.74) is 1.17. The molecule has 0 saturated heterocycles. The monoisotopic (exact) mass is 305 g/mol. The number of hydrogen-bond acceptors (Lipinski definition) is 3. The van der Waals surface area contributed by atoms with Gasteiger partial charge in [-0.3, -0.25) is 0 Å². The van der Waals surface area contributed by atoms with Crippen molar-refractivity contribution >= 4 is 0 Å². The van der Waals surface area contributed by atoms with E-state index in [0.717, 1.165) is 19.4 Å². The molecule has 1 aromatic rings. The average molecular weight is 305 g/mol. The third kappa shape index (κ3) is 8.57. The van der Waals surface area contributed by atoms with Gasteiger partial charge < -0.3 is 14.8 Å². The Morgan fingerprint density at radius 2 is 1.86 bits per heavy atom. The molecule has 3 nitrogen and oxygen atoms in total. The first-order valence-corrected chi connectivity index (χ1v) is 7.00. The van der Waals surface area contributed by atoms with Crippen molar-refractivity contribution in [3.63, 3.8) is 0 Å². The van der Waals surface area contributed by atoms with Crippen LogP contribution in [0.15, 0.2) is 24.3 Å². The minimum Gasteiger partial charge on any atom is -0.468 e. The Hall–Kier alpha value is -1.27. The molecule has 0 aliphatic heterocycles. The Bertz CT molecular complexity index is 393. The molecule has 1 atom stereocenters. The predicted octanol–water partition coefficient (Wildman–Crippen LogP) is 3.53. The van der Waals surface area contributed by atoms with E-state index < -0.39 is 19.6 Å². The van der Waals surface area contributed by atoms with Crippen LogP contribution in [0.2, 0.25) is 0 Å². The van der Waals surface area contributed by atoms with Crippen molar-refractivity contribution in [1.29, 1.82) is 0 Å². The summed E-state index contributed by atoms with van der Waals surface area (Å²) < 4.78 is 45.0. The average Bonchev–Trinajstić information content (AvgIpc) is 2.42. The molecule has 0 bridgehead atoms. The van der Waals surface area contributed by atoms with Gasteiger partial charge in [-0.15, -0.1) is 0 Å². The summed E-state index contributed by atoms with van der Waals surface area (Å²) in [4.78, 5) is 0. The van der Waals surface area contributed by atoms with Crippen LogP contribution in [-0.2, 0) is 11.2 Å². The van der Waals surface area contributed by atoms with Gasteiger partial charge in [-0.2, -0.15) is 13.2 Å². The maximum atomic E-state index is 11.9. The zero-order chi connectivity index (χ0) is 15.7. The van der Waals surface area contributed by atoms with Crippen LogP contribution >= 0.6 is 0 Å². The highest BCUT2D eigenvalue weighted by Crippen LogP contribution is 2.16. The summed E-state index contributed by atoms with van der Waals surface area (Å²) in [6.07, 6.45) is -2.35. The fraction of sp³-hybridized carbons (Fsp3) is 0.600. The Kier molecular flexibility index (Phi) is 7.53. The second kappa shape index (κ2) is 8.89. The van der Waals surface area contributed by atoms with Crippen molar-refractivity contribution in [2.45, 2.75) is 38.9 Å². The third-order valence-electron chi connectivity index (χ3n) is 2.92. The largest absolute Gasteiger partial charge is 0.468 e. The van der Waals surface area contributed by atoms with E-state index in [0.29, 0.717) is 11.8 Å². The Balaban J connectivity index is 2.27. The van der Waals surface area contributed by atoms with E-state index in [1.54, 1.807) is 12.1 Å². The van der Waals surface area contributed by atoms with Crippen molar-refractivity contribution in [1.82, 2.24) is 5.32 Å². The van der Waals surface area contributed by atoms with Crippen LogP contribution in [-0.4, -0.2) is 32.2 Å². The van der Waals surface area contributed by atoms with E-state index in [9.17, 15) is 13.2 Å². The van der Waals surface area contributed by atoms with Gasteiger partial charge in [-0.1, -0.05) is 19.1 Å². The van der Waals surface area contributed by atoms with Crippen LogP contribution in [0.3, 0.4) is 0 Å². The van der Waals surface area contributed by atoms with Crippen molar-refractivity contribution in [2.24, 2.45) is 0 Å². The summed E-state index contributed by atoms with van der Waals surface area (Å²) in [6.45, 7) is 3.46. The van der Waals surface area contributed by atoms with Gasteiger partial charge in [0.25, 0.3) is 0 Å². The topological polar surface area (TPSA) is 30.5 Å². The van der Waals surface area contributed by atoms with Crippen molar-refractivity contribution in [3.05, 3.63) is 29.8 Å². The zero-order valence-corrected chi connectivity index (χ0v) is 12.4. The van der Waals surface area contributed by atoms with Crippen LogP contribution in [0.4, 0.5) is 13.2 Å². The lowest BCUT2D eigenvalue weighted by Crippen LogP contribution is -2.25. The molecule has 0 aliphatic rings. The smallest absolute Gasteiger partial charge is 0.411 e. The molecule has 1 rings (SSSR count). The summed E-state index contributed by atoms with van der Waals surface area (Å²) in [5.74, 6) is 0.501. The highest BCUT2D eigenvalue weighted by molar-refractivity contribution is 5.27. The quantitative estimate of drug-likeness (QED) is 0.559. The molecule has 1 aromatic carbocycles. The number of benzene rings is 1. The standard InChI is InChI=1S/C15H22F3NO2/c1-3-19-12(2)4-5-13-6-8-14(9-7-13)21-11-20-10-15(16,17)18/h6-9,12,19H,3-5,10-11H2,1-2H3. The highest BCUT2D eigenvalue weighted by Gasteiger charge is 2.27. The predicted molar refractivity (Wildman–Crippen MR) is 75.4 cm³/mol. The van der Waals surface area contributed by atoms with Crippen LogP contribution < -0.4 is 10.1 Å². The summed E-state index contributed by atoms with van der Waals surface area (Å²) in [7, 11) is 0. The van der Waals surface area contributed by atoms with E-state index in [2.05, 4.69) is 23.9 Å². The van der Waals surface area contributed by atoms with E-state index >= 15 is 0 Å². The van der Waals surface area contributed by atoms with Crippen molar-refractivity contribution in [3.8, 4) is 5.75 Å². The lowest BCUT2D eigenvalue weighted by Gasteiger charge is -2.12. The first-order valence-electron chi connectivity index (χ1n) is 7.00. The molecule has 0 saturated carbocycles. The summed E-state index contributed by atoms with van der Waals surface area (Å²) in [5, 5.41) is 3.34. The molecule has 1 unspecified atom stereocenters. The van der Waals surface area contributed by atoms with Gasteiger partial charge in [0.05, 0.1) is 0 Å². The van der Waals surface area contributed by atoms with Gasteiger partial charge in [0.1, 0.15) is 12.4 Å². The van der Waals surface area contributed by atoms with Crippen LogP contribution in [0.25, 0.3) is 0 Å². The Morgan fingerprint density at radius 1 is 1.19 bits per heavy atom. The Labute approximate surface area is 123 Å². The number of rotatable bonds is 9. The maximum absolute atomic E-state index is 11.9. The van der Waals surface area contributed by atoms with E-state index in [4.69, 9.17) is 4.74 Å². The van der Waals surface area contributed by atoms with Crippen LogP contribution in [0, 0.1) is 0 Å². The number of alkyl halides is 3. The number of nitrogens with one attached hydrogen (secondary N) is 1. The van der Waals surface area contributed by atoms with Gasteiger partial charge in [0.2, 0.25) is 0 Å². The maximum Gasteiger partial charge on any atom is 0.411 e. The van der Waals surface area contributed by atoms with Gasteiger partial charge in [0.15, 0.2) is 6.79 Å². The minimum atomic E-state index is -4.32. The SMILES string of the molecule is CCNC(C)CCc1ccc(OCOCC(F)(F)F)cc1. The molecule has 0 heterocycles. The van der Waals surface area contributed by atoms with Gasteiger partial charge in [-0.25, -0.2) is 0 Å². The molecule has 120 valence electrons. The highest BCUT2D eigenvalue weighted by atomic mass is 19.4. The molecule has 21 heavy (non-hydrogen) atoms. The zero-order valence-electron chi connectivity index (χ0n) is 12.4. The molecule has 0 spiro atoms. The number of hydrogen-bond donors (Lipinski definition) is 1.